The Hall–Kier alpha value is -4.71. The Morgan fingerprint density at radius 2 is 1.45 bits per heavy atom. The zero-order valence-electron chi connectivity index (χ0n) is 20.9. The number of ether oxygens (including phenoxy) is 2. The van der Waals surface area contributed by atoms with Crippen LogP contribution in [0.15, 0.2) is 109 Å². The first-order valence-corrected chi connectivity index (χ1v) is 12.5. The Morgan fingerprint density at radius 3 is 2.16 bits per heavy atom. The van der Waals surface area contributed by atoms with Crippen molar-refractivity contribution < 1.29 is 23.9 Å². The second-order valence-corrected chi connectivity index (χ2v) is 9.17. The van der Waals surface area contributed by atoms with E-state index in [4.69, 9.17) is 9.47 Å². The summed E-state index contributed by atoms with van der Waals surface area (Å²) < 4.78 is 11.6. The number of esters is 1. The third-order valence-corrected chi connectivity index (χ3v) is 6.53. The van der Waals surface area contributed by atoms with Gasteiger partial charge in [-0.2, -0.15) is 0 Å². The minimum absolute atomic E-state index is 0.0355. The number of nitrogens with zero attached hydrogens (tertiary/aromatic N) is 1. The molecule has 1 aliphatic rings. The largest absolute Gasteiger partial charge is 0.457 e. The first-order chi connectivity index (χ1) is 18.5. The first kappa shape index (κ1) is 25.0. The molecule has 0 bridgehead atoms. The van der Waals surface area contributed by atoms with E-state index in [0.717, 1.165) is 16.9 Å². The fourth-order valence-electron chi connectivity index (χ4n) is 4.51. The summed E-state index contributed by atoms with van der Waals surface area (Å²) in [7, 11) is 0. The Morgan fingerprint density at radius 1 is 0.816 bits per heavy atom. The molecule has 0 aliphatic carbocycles. The lowest BCUT2D eigenvalue weighted by Gasteiger charge is -2.18. The van der Waals surface area contributed by atoms with E-state index in [2.05, 4.69) is 0 Å². The monoisotopic (exact) mass is 505 g/mol. The third kappa shape index (κ3) is 5.49. The van der Waals surface area contributed by atoms with E-state index in [1.54, 1.807) is 60.4 Å². The molecule has 1 amide bonds. The number of amides is 1. The van der Waals surface area contributed by atoms with E-state index in [0.29, 0.717) is 17.0 Å². The standard InChI is InChI=1S/C32H27NO5/c1-22(31(35)24-12-6-3-7-13-24)37-32(36)25-20-30(34)33(21-25)26-16-18-27(19-17-26)38-29-15-9-8-14-28(29)23-10-4-2-5-11-23/h2-19,22,25H,20-21H2,1H3/t22-,25+/m1/s1. The average molecular weight is 506 g/mol. The van der Waals surface area contributed by atoms with Crippen LogP contribution in [0.1, 0.15) is 23.7 Å². The van der Waals surface area contributed by atoms with Crippen LogP contribution in [0.4, 0.5) is 5.69 Å². The lowest BCUT2D eigenvalue weighted by molar-refractivity contribution is -0.151. The van der Waals surface area contributed by atoms with Gasteiger partial charge in [0.15, 0.2) is 6.10 Å². The smallest absolute Gasteiger partial charge is 0.312 e. The zero-order chi connectivity index (χ0) is 26.5. The maximum atomic E-state index is 12.7. The molecule has 190 valence electrons. The maximum absolute atomic E-state index is 12.7. The fourth-order valence-corrected chi connectivity index (χ4v) is 4.51. The summed E-state index contributed by atoms with van der Waals surface area (Å²) >= 11 is 0. The highest BCUT2D eigenvalue weighted by Gasteiger charge is 2.37. The molecular weight excluding hydrogens is 478 g/mol. The lowest BCUT2D eigenvalue weighted by Crippen LogP contribution is -2.30. The van der Waals surface area contributed by atoms with Gasteiger partial charge in [-0.15, -0.1) is 0 Å². The number of carbonyl (C=O) groups is 3. The van der Waals surface area contributed by atoms with Gasteiger partial charge in [-0.1, -0.05) is 78.9 Å². The summed E-state index contributed by atoms with van der Waals surface area (Å²) in [6.45, 7) is 1.75. The van der Waals surface area contributed by atoms with E-state index in [9.17, 15) is 14.4 Å². The van der Waals surface area contributed by atoms with Gasteiger partial charge < -0.3 is 14.4 Å². The molecule has 4 aromatic rings. The van der Waals surface area contributed by atoms with Gasteiger partial charge in [-0.05, 0) is 42.8 Å². The van der Waals surface area contributed by atoms with Crippen molar-refractivity contribution in [2.75, 3.05) is 11.4 Å². The molecule has 1 saturated heterocycles. The van der Waals surface area contributed by atoms with Crippen LogP contribution >= 0.6 is 0 Å². The zero-order valence-corrected chi connectivity index (χ0v) is 20.9. The van der Waals surface area contributed by atoms with E-state index in [-0.39, 0.29) is 24.7 Å². The third-order valence-electron chi connectivity index (χ3n) is 6.53. The molecule has 0 radical (unpaired) electrons. The molecule has 1 heterocycles. The highest BCUT2D eigenvalue weighted by Crippen LogP contribution is 2.34. The number of para-hydroxylation sites is 1. The topological polar surface area (TPSA) is 72.9 Å². The normalized spacial score (nSPS) is 15.7. The quantitative estimate of drug-likeness (QED) is 0.207. The predicted molar refractivity (Wildman–Crippen MR) is 145 cm³/mol. The van der Waals surface area contributed by atoms with Crippen molar-refractivity contribution in [1.29, 1.82) is 0 Å². The fraction of sp³-hybridized carbons (Fsp3) is 0.156. The van der Waals surface area contributed by atoms with E-state index in [1.807, 2.05) is 60.7 Å². The van der Waals surface area contributed by atoms with Gasteiger partial charge in [-0.25, -0.2) is 0 Å². The minimum atomic E-state index is -0.927. The Labute approximate surface area is 221 Å². The van der Waals surface area contributed by atoms with Crippen molar-refractivity contribution in [3.63, 3.8) is 0 Å². The molecule has 0 spiro atoms. The van der Waals surface area contributed by atoms with Gasteiger partial charge in [0.25, 0.3) is 0 Å². The molecule has 0 N–H and O–H groups in total. The van der Waals surface area contributed by atoms with E-state index < -0.39 is 18.0 Å². The minimum Gasteiger partial charge on any atom is -0.457 e. The van der Waals surface area contributed by atoms with Crippen molar-refractivity contribution in [3.05, 3.63) is 115 Å². The van der Waals surface area contributed by atoms with Crippen LogP contribution < -0.4 is 9.64 Å². The molecule has 4 aromatic carbocycles. The second-order valence-electron chi connectivity index (χ2n) is 9.17. The van der Waals surface area contributed by atoms with Gasteiger partial charge in [0, 0.05) is 29.8 Å². The van der Waals surface area contributed by atoms with Crippen LogP contribution in [0.2, 0.25) is 0 Å². The molecule has 38 heavy (non-hydrogen) atoms. The average Bonchev–Trinajstić information content (AvgIpc) is 3.36. The van der Waals surface area contributed by atoms with Crippen LogP contribution in [0.25, 0.3) is 11.1 Å². The summed E-state index contributed by atoms with van der Waals surface area (Å²) in [4.78, 5) is 39.6. The SMILES string of the molecule is C[C@@H](OC(=O)[C@H]1CC(=O)N(c2ccc(Oc3ccccc3-c3ccccc3)cc2)C1)C(=O)c1ccccc1. The summed E-state index contributed by atoms with van der Waals surface area (Å²) in [6.07, 6.45) is -0.891. The van der Waals surface area contributed by atoms with Gasteiger partial charge in [-0.3, -0.25) is 14.4 Å². The Bertz CT molecular complexity index is 1430. The summed E-state index contributed by atoms with van der Waals surface area (Å²) in [5.74, 6) is -0.266. The molecule has 1 fully saturated rings. The number of benzene rings is 4. The van der Waals surface area contributed by atoms with Crippen molar-refractivity contribution >= 4 is 23.3 Å². The van der Waals surface area contributed by atoms with Crippen LogP contribution in [0.5, 0.6) is 11.5 Å². The van der Waals surface area contributed by atoms with Crippen molar-refractivity contribution in [3.8, 4) is 22.6 Å². The lowest BCUT2D eigenvalue weighted by atomic mass is 10.0. The summed E-state index contributed by atoms with van der Waals surface area (Å²) in [5, 5.41) is 0. The first-order valence-electron chi connectivity index (χ1n) is 12.5. The van der Waals surface area contributed by atoms with Crippen LogP contribution in [0, 0.1) is 5.92 Å². The maximum Gasteiger partial charge on any atom is 0.312 e. The highest BCUT2D eigenvalue weighted by molar-refractivity contribution is 6.02. The van der Waals surface area contributed by atoms with E-state index in [1.165, 1.54) is 0 Å². The van der Waals surface area contributed by atoms with Crippen LogP contribution in [-0.2, 0) is 14.3 Å². The van der Waals surface area contributed by atoms with Crippen LogP contribution in [0.3, 0.4) is 0 Å². The van der Waals surface area contributed by atoms with Crippen LogP contribution in [-0.4, -0.2) is 30.3 Å². The number of hydrogen-bond acceptors (Lipinski definition) is 5. The number of carbonyl (C=O) groups excluding carboxylic acids is 3. The number of hydrogen-bond donors (Lipinski definition) is 0. The molecule has 6 heteroatoms. The highest BCUT2D eigenvalue weighted by atomic mass is 16.5. The second kappa shape index (κ2) is 11.1. The number of anilines is 1. The Kier molecular flexibility index (Phi) is 7.31. The molecule has 6 nitrogen and oxygen atoms in total. The van der Waals surface area contributed by atoms with Crippen molar-refractivity contribution in [1.82, 2.24) is 0 Å². The Balaban J connectivity index is 1.22. The number of Topliss-reactive ketones (excluding diaryl/α,β-unsaturated/α-hetero) is 1. The van der Waals surface area contributed by atoms with Crippen molar-refractivity contribution in [2.45, 2.75) is 19.4 Å². The van der Waals surface area contributed by atoms with Crippen molar-refractivity contribution in [2.24, 2.45) is 5.92 Å². The number of ketones is 1. The molecule has 0 unspecified atom stereocenters. The molecule has 1 aliphatic heterocycles. The van der Waals surface area contributed by atoms with Gasteiger partial charge in [0.1, 0.15) is 11.5 Å². The van der Waals surface area contributed by atoms with Gasteiger partial charge in [0.05, 0.1) is 5.92 Å². The van der Waals surface area contributed by atoms with E-state index >= 15 is 0 Å². The molecule has 5 rings (SSSR count). The van der Waals surface area contributed by atoms with Gasteiger partial charge >= 0.3 is 5.97 Å². The number of rotatable bonds is 8. The molecular formula is C32H27NO5. The predicted octanol–water partition coefficient (Wildman–Crippen LogP) is 6.31. The summed E-state index contributed by atoms with van der Waals surface area (Å²) in [6, 6.07) is 33.7. The molecule has 2 atom stereocenters. The molecule has 0 saturated carbocycles. The van der Waals surface area contributed by atoms with Gasteiger partial charge in [0.2, 0.25) is 11.7 Å². The summed E-state index contributed by atoms with van der Waals surface area (Å²) in [5.41, 5.74) is 3.18. The molecule has 0 aromatic heterocycles.